The second-order valence-electron chi connectivity index (χ2n) is 8.85. The van der Waals surface area contributed by atoms with Crippen molar-refractivity contribution in [2.45, 2.75) is 38.1 Å². The number of benzene rings is 2. The first-order valence-corrected chi connectivity index (χ1v) is 11.7. The summed E-state index contributed by atoms with van der Waals surface area (Å²) in [5.74, 6) is -8.64. The van der Waals surface area contributed by atoms with Gasteiger partial charge in [0.25, 0.3) is 0 Å². The van der Waals surface area contributed by atoms with Gasteiger partial charge in [0.1, 0.15) is 17.1 Å². The number of alkyl halides is 3. The Kier molecular flexibility index (Phi) is 9.27. The summed E-state index contributed by atoms with van der Waals surface area (Å²) in [6.07, 6.45) is -5.54. The van der Waals surface area contributed by atoms with Crippen LogP contribution in [0.4, 0.5) is 26.3 Å². The third kappa shape index (κ3) is 7.33. The summed E-state index contributed by atoms with van der Waals surface area (Å²) >= 11 is 0. The Morgan fingerprint density at radius 1 is 0.976 bits per heavy atom. The van der Waals surface area contributed by atoms with Crippen LogP contribution in [0, 0.1) is 17.5 Å². The molecule has 0 fully saturated rings. The molecule has 3 aromatic rings. The first-order valence-electron chi connectivity index (χ1n) is 11.7. The van der Waals surface area contributed by atoms with Crippen LogP contribution in [0.3, 0.4) is 0 Å². The molecule has 5 N–H and O–H groups in total. The van der Waals surface area contributed by atoms with Crippen molar-refractivity contribution in [2.24, 2.45) is 5.73 Å². The average Bonchev–Trinajstić information content (AvgIpc) is 3.28. The predicted molar refractivity (Wildman–Crippen MR) is 127 cm³/mol. The van der Waals surface area contributed by atoms with Crippen LogP contribution in [-0.2, 0) is 30.5 Å². The number of aromatic hydroxyl groups is 1. The number of aromatic nitrogens is 2. The molecule has 2 aromatic carbocycles. The standard InChI is InChI=1S/C18H16F6N4O3.C7H6O3/c19-10-6-12(21)11(20)4-8(10)3-9(25)5-14(29)27-1-2-28-13(7-27)15(16(30)31)26-17(28)18(22,23)24;8-6-4-2-1-3-5(6)7(9)10/h4,6,9H,1-3,5,7,25H2,(H,30,31);1-4,8H,(H,9,10)/t9-;/m1./s1. The molecule has 220 valence electrons. The summed E-state index contributed by atoms with van der Waals surface area (Å²) in [6, 6.07) is 5.80. The van der Waals surface area contributed by atoms with E-state index in [1.807, 2.05) is 0 Å². The largest absolute Gasteiger partial charge is 0.507 e. The number of carboxylic acid groups (broad SMARTS) is 2. The molecule has 0 radical (unpaired) electrons. The Hall–Kier alpha value is -4.60. The van der Waals surface area contributed by atoms with Gasteiger partial charge in [0.15, 0.2) is 17.3 Å². The number of hydrogen-bond donors (Lipinski definition) is 4. The molecule has 10 nitrogen and oxygen atoms in total. The van der Waals surface area contributed by atoms with Gasteiger partial charge in [-0.3, -0.25) is 4.79 Å². The fourth-order valence-corrected chi connectivity index (χ4v) is 4.05. The van der Waals surface area contributed by atoms with E-state index in [1.54, 1.807) is 12.1 Å². The summed E-state index contributed by atoms with van der Waals surface area (Å²) in [5.41, 5.74) is 4.42. The van der Waals surface area contributed by atoms with Crippen molar-refractivity contribution in [1.82, 2.24) is 14.5 Å². The Labute approximate surface area is 227 Å². The number of para-hydroxylation sites is 1. The number of fused-ring (bicyclic) bond motifs is 1. The van der Waals surface area contributed by atoms with Gasteiger partial charge >= 0.3 is 18.1 Å². The van der Waals surface area contributed by atoms with Crippen molar-refractivity contribution in [3.05, 3.63) is 82.2 Å². The Balaban J connectivity index is 0.000000389. The lowest BCUT2D eigenvalue weighted by atomic mass is 10.0. The van der Waals surface area contributed by atoms with E-state index < -0.39 is 65.6 Å². The second kappa shape index (κ2) is 12.3. The summed E-state index contributed by atoms with van der Waals surface area (Å²) in [4.78, 5) is 38.4. The Morgan fingerprint density at radius 3 is 2.17 bits per heavy atom. The number of carbonyl (C=O) groups excluding carboxylic acids is 1. The van der Waals surface area contributed by atoms with E-state index in [1.165, 1.54) is 12.1 Å². The number of nitrogens with zero attached hydrogens (tertiary/aromatic N) is 3. The molecule has 0 spiro atoms. The number of rotatable bonds is 6. The molecule has 1 atom stereocenters. The summed E-state index contributed by atoms with van der Waals surface area (Å²) in [5, 5.41) is 26.5. The van der Waals surface area contributed by atoms with Gasteiger partial charge in [0.2, 0.25) is 11.7 Å². The highest BCUT2D eigenvalue weighted by Gasteiger charge is 2.41. The van der Waals surface area contributed by atoms with Gasteiger partial charge in [-0.2, -0.15) is 13.2 Å². The van der Waals surface area contributed by atoms with Gasteiger partial charge in [0.05, 0.1) is 12.2 Å². The normalized spacial score (nSPS) is 13.6. The molecule has 1 aromatic heterocycles. The topological polar surface area (TPSA) is 159 Å². The number of aromatic carboxylic acids is 2. The van der Waals surface area contributed by atoms with E-state index >= 15 is 0 Å². The van der Waals surface area contributed by atoms with Gasteiger partial charge in [-0.1, -0.05) is 12.1 Å². The van der Waals surface area contributed by atoms with Gasteiger partial charge in [-0.15, -0.1) is 0 Å². The lowest BCUT2D eigenvalue weighted by Crippen LogP contribution is -2.42. The van der Waals surface area contributed by atoms with E-state index in [2.05, 4.69) is 4.98 Å². The molecule has 0 bridgehead atoms. The Morgan fingerprint density at radius 2 is 1.61 bits per heavy atom. The van der Waals surface area contributed by atoms with Gasteiger partial charge in [-0.25, -0.2) is 27.7 Å². The van der Waals surface area contributed by atoms with Crippen LogP contribution in [-0.4, -0.2) is 60.2 Å². The monoisotopic (exact) mass is 588 g/mol. The van der Waals surface area contributed by atoms with Gasteiger partial charge < -0.3 is 30.5 Å². The molecule has 1 aliphatic rings. The first kappa shape index (κ1) is 30.9. The molecule has 0 aliphatic carbocycles. The number of phenols is 1. The van der Waals surface area contributed by atoms with Gasteiger partial charge in [0, 0.05) is 31.6 Å². The molecule has 0 saturated heterocycles. The SMILES string of the molecule is N[C@@H](CC(=O)N1CCn2c(C(F)(F)F)nc(C(=O)O)c2C1)Cc1cc(F)c(F)cc1F.O=C(O)c1ccccc1O. The fourth-order valence-electron chi connectivity index (χ4n) is 4.05. The highest BCUT2D eigenvalue weighted by Crippen LogP contribution is 2.32. The van der Waals surface area contributed by atoms with Crippen LogP contribution in [0.2, 0.25) is 0 Å². The second-order valence-corrected chi connectivity index (χ2v) is 8.85. The average molecular weight is 588 g/mol. The number of carboxylic acids is 2. The highest BCUT2D eigenvalue weighted by molar-refractivity contribution is 5.90. The third-order valence-electron chi connectivity index (χ3n) is 5.96. The molecule has 0 saturated carbocycles. The Bertz CT molecular complexity index is 1480. The van der Waals surface area contributed by atoms with Gasteiger partial charge in [-0.05, 0) is 30.2 Å². The molecule has 4 rings (SSSR count). The zero-order chi connectivity index (χ0) is 30.6. The van der Waals surface area contributed by atoms with Crippen LogP contribution < -0.4 is 5.73 Å². The molecule has 16 heteroatoms. The summed E-state index contributed by atoms with van der Waals surface area (Å²) < 4.78 is 80.1. The van der Waals surface area contributed by atoms with Crippen LogP contribution in [0.15, 0.2) is 36.4 Å². The zero-order valence-corrected chi connectivity index (χ0v) is 20.8. The maximum Gasteiger partial charge on any atom is 0.449 e. The van der Waals surface area contributed by atoms with Crippen LogP contribution in [0.25, 0.3) is 0 Å². The minimum Gasteiger partial charge on any atom is -0.507 e. The highest BCUT2D eigenvalue weighted by atomic mass is 19.4. The van der Waals surface area contributed by atoms with E-state index in [-0.39, 0.29) is 48.5 Å². The molecule has 1 amide bonds. The van der Waals surface area contributed by atoms with Crippen molar-refractivity contribution in [1.29, 1.82) is 0 Å². The first-order chi connectivity index (χ1) is 19.1. The number of imidazole rings is 1. The zero-order valence-electron chi connectivity index (χ0n) is 20.8. The third-order valence-corrected chi connectivity index (χ3v) is 5.96. The minimum absolute atomic E-state index is 0.0671. The molecular weight excluding hydrogens is 566 g/mol. The maximum absolute atomic E-state index is 13.8. The number of nitrogens with two attached hydrogens (primary N) is 1. The van der Waals surface area contributed by atoms with Crippen molar-refractivity contribution in [2.75, 3.05) is 6.54 Å². The lowest BCUT2D eigenvalue weighted by molar-refractivity contribution is -0.148. The van der Waals surface area contributed by atoms with Crippen LogP contribution >= 0.6 is 0 Å². The van der Waals surface area contributed by atoms with Crippen molar-refractivity contribution in [3.63, 3.8) is 0 Å². The maximum atomic E-state index is 13.8. The number of carbonyl (C=O) groups is 3. The minimum atomic E-state index is -4.87. The van der Waals surface area contributed by atoms with Crippen molar-refractivity contribution < 1.29 is 56.0 Å². The number of amides is 1. The summed E-state index contributed by atoms with van der Waals surface area (Å²) in [7, 11) is 0. The van der Waals surface area contributed by atoms with E-state index in [4.69, 9.17) is 21.1 Å². The fraction of sp³-hybridized carbons (Fsp3) is 0.280. The van der Waals surface area contributed by atoms with Crippen LogP contribution in [0.1, 0.15) is 44.3 Å². The molecule has 2 heterocycles. The lowest BCUT2D eigenvalue weighted by Gasteiger charge is -2.30. The van der Waals surface area contributed by atoms with E-state index in [0.717, 1.165) is 4.90 Å². The van der Waals surface area contributed by atoms with E-state index in [9.17, 15) is 40.7 Å². The van der Waals surface area contributed by atoms with Crippen molar-refractivity contribution in [3.8, 4) is 5.75 Å². The number of halogens is 6. The smallest absolute Gasteiger partial charge is 0.449 e. The molecule has 0 unspecified atom stereocenters. The van der Waals surface area contributed by atoms with Crippen LogP contribution in [0.5, 0.6) is 5.75 Å². The van der Waals surface area contributed by atoms with Crippen molar-refractivity contribution >= 4 is 17.8 Å². The quantitative estimate of drug-likeness (QED) is 0.252. The molecular formula is C25H22F6N4O6. The molecule has 41 heavy (non-hydrogen) atoms. The summed E-state index contributed by atoms with van der Waals surface area (Å²) in [6.45, 7) is -0.921. The molecule has 1 aliphatic heterocycles. The van der Waals surface area contributed by atoms with E-state index in [0.29, 0.717) is 16.7 Å². The predicted octanol–water partition coefficient (Wildman–Crippen LogP) is 3.41. The number of hydrogen-bond acceptors (Lipinski definition) is 6.